The van der Waals surface area contributed by atoms with Crippen LogP contribution in [0.5, 0.6) is 0 Å². The summed E-state index contributed by atoms with van der Waals surface area (Å²) in [4.78, 5) is 25.6. The predicted octanol–water partition coefficient (Wildman–Crippen LogP) is 1.62. The van der Waals surface area contributed by atoms with E-state index in [2.05, 4.69) is 20.5 Å². The minimum Gasteiger partial charge on any atom is -0.291 e. The number of carbonyl (C=O) groups excluding carboxylic acids is 1. The van der Waals surface area contributed by atoms with E-state index < -0.39 is 10.8 Å². The van der Waals surface area contributed by atoms with Crippen molar-refractivity contribution in [2.75, 3.05) is 5.32 Å². The molecule has 0 radical (unpaired) electrons. The molecule has 0 atom stereocenters. The first-order valence-electron chi connectivity index (χ1n) is 4.68. The molecule has 2 N–H and O–H groups in total. The number of nitrogens with one attached hydrogen (secondary N) is 2. The zero-order chi connectivity index (χ0) is 13.1. The molecular formula is C9H6ClN5O3. The van der Waals surface area contributed by atoms with Crippen molar-refractivity contribution in [2.45, 2.75) is 0 Å². The van der Waals surface area contributed by atoms with Gasteiger partial charge in [-0.1, -0.05) is 11.6 Å². The fraction of sp³-hybridized carbons (Fsp3) is 0. The summed E-state index contributed by atoms with van der Waals surface area (Å²) in [5.41, 5.74) is -0.486. The summed E-state index contributed by atoms with van der Waals surface area (Å²) in [5, 5.41) is 19.3. The Morgan fingerprint density at radius 3 is 2.89 bits per heavy atom. The lowest BCUT2D eigenvalue weighted by Gasteiger charge is -2.03. The molecule has 2 rings (SSSR count). The van der Waals surface area contributed by atoms with Gasteiger partial charge in [0, 0.05) is 11.1 Å². The van der Waals surface area contributed by atoms with Gasteiger partial charge in [0.1, 0.15) is 11.9 Å². The molecule has 0 fully saturated rings. The summed E-state index contributed by atoms with van der Waals surface area (Å²) in [6.45, 7) is 0. The van der Waals surface area contributed by atoms with E-state index in [4.69, 9.17) is 11.6 Å². The van der Waals surface area contributed by atoms with Crippen LogP contribution >= 0.6 is 11.6 Å². The highest BCUT2D eigenvalue weighted by Gasteiger charge is 2.21. The van der Waals surface area contributed by atoms with Crippen molar-refractivity contribution >= 4 is 29.1 Å². The summed E-state index contributed by atoms with van der Waals surface area (Å²) >= 11 is 5.71. The fourth-order valence-corrected chi connectivity index (χ4v) is 1.46. The standard InChI is InChI=1S/C9H6ClN5O3/c10-5-1-2-7(15(17)18)6(3-5)8(16)13-9-11-4-12-14-9/h1-4H,(H2,11,12,13,14,16). The van der Waals surface area contributed by atoms with Crippen LogP contribution in [0, 0.1) is 10.1 Å². The largest absolute Gasteiger partial charge is 0.291 e. The van der Waals surface area contributed by atoms with Gasteiger partial charge in [-0.15, -0.1) is 0 Å². The minimum absolute atomic E-state index is 0.0919. The van der Waals surface area contributed by atoms with Crippen LogP contribution in [-0.4, -0.2) is 26.0 Å². The van der Waals surface area contributed by atoms with E-state index in [0.29, 0.717) is 0 Å². The summed E-state index contributed by atoms with van der Waals surface area (Å²) in [5.74, 6) is -0.602. The Bertz CT molecular complexity index is 598. The van der Waals surface area contributed by atoms with Crippen LogP contribution < -0.4 is 5.32 Å². The third-order valence-electron chi connectivity index (χ3n) is 2.05. The Morgan fingerprint density at radius 2 is 2.28 bits per heavy atom. The number of nitrogens with zero attached hydrogens (tertiary/aromatic N) is 3. The van der Waals surface area contributed by atoms with Gasteiger partial charge in [-0.25, -0.2) is 5.10 Å². The Labute approximate surface area is 105 Å². The average molecular weight is 268 g/mol. The first-order chi connectivity index (χ1) is 8.58. The number of nitro benzene ring substituents is 1. The smallest absolute Gasteiger partial charge is 0.282 e. The predicted molar refractivity (Wildman–Crippen MR) is 62.4 cm³/mol. The maximum absolute atomic E-state index is 11.8. The zero-order valence-electron chi connectivity index (χ0n) is 8.75. The van der Waals surface area contributed by atoms with Crippen molar-refractivity contribution in [3.05, 3.63) is 45.2 Å². The molecular weight excluding hydrogens is 262 g/mol. The lowest BCUT2D eigenvalue weighted by molar-refractivity contribution is -0.385. The molecule has 0 saturated carbocycles. The first-order valence-corrected chi connectivity index (χ1v) is 5.06. The number of carbonyl (C=O) groups is 1. The summed E-state index contributed by atoms with van der Waals surface area (Å²) < 4.78 is 0. The zero-order valence-corrected chi connectivity index (χ0v) is 9.51. The Balaban J connectivity index is 2.34. The number of hydrogen-bond donors (Lipinski definition) is 2. The Hall–Kier alpha value is -2.48. The molecule has 92 valence electrons. The fourth-order valence-electron chi connectivity index (χ4n) is 1.29. The van der Waals surface area contributed by atoms with Gasteiger partial charge in [-0.05, 0) is 12.1 Å². The number of benzene rings is 1. The molecule has 18 heavy (non-hydrogen) atoms. The van der Waals surface area contributed by atoms with E-state index in [1.54, 1.807) is 0 Å². The maximum Gasteiger partial charge on any atom is 0.282 e. The summed E-state index contributed by atoms with van der Waals surface area (Å²) in [7, 11) is 0. The molecule has 2 aromatic rings. The van der Waals surface area contributed by atoms with E-state index in [-0.39, 0.29) is 22.2 Å². The number of aromatic amines is 1. The van der Waals surface area contributed by atoms with Gasteiger partial charge in [0.05, 0.1) is 4.92 Å². The van der Waals surface area contributed by atoms with Crippen LogP contribution in [0.25, 0.3) is 0 Å². The van der Waals surface area contributed by atoms with E-state index >= 15 is 0 Å². The molecule has 0 spiro atoms. The Morgan fingerprint density at radius 1 is 1.50 bits per heavy atom. The number of anilines is 1. The van der Waals surface area contributed by atoms with Crippen LogP contribution in [-0.2, 0) is 0 Å². The Kier molecular flexibility index (Phi) is 3.20. The molecule has 1 aromatic carbocycles. The van der Waals surface area contributed by atoms with E-state index in [1.807, 2.05) is 0 Å². The van der Waals surface area contributed by atoms with Crippen molar-refractivity contribution in [2.24, 2.45) is 0 Å². The second-order valence-electron chi connectivity index (χ2n) is 3.21. The SMILES string of the molecule is O=C(Nc1ncn[nH]1)c1cc(Cl)ccc1[N+](=O)[O-]. The number of halogens is 1. The number of hydrogen-bond acceptors (Lipinski definition) is 5. The van der Waals surface area contributed by atoms with Crippen molar-refractivity contribution in [1.29, 1.82) is 0 Å². The van der Waals surface area contributed by atoms with Gasteiger partial charge in [-0.3, -0.25) is 20.2 Å². The maximum atomic E-state index is 11.8. The molecule has 0 saturated heterocycles. The quantitative estimate of drug-likeness (QED) is 0.648. The van der Waals surface area contributed by atoms with E-state index in [9.17, 15) is 14.9 Å². The first kappa shape index (κ1) is 12.0. The molecule has 9 heteroatoms. The van der Waals surface area contributed by atoms with Crippen molar-refractivity contribution in [3.8, 4) is 0 Å². The molecule has 8 nitrogen and oxygen atoms in total. The van der Waals surface area contributed by atoms with E-state index in [1.165, 1.54) is 18.5 Å². The highest BCUT2D eigenvalue weighted by molar-refractivity contribution is 6.31. The van der Waals surface area contributed by atoms with Gasteiger partial charge in [0.25, 0.3) is 11.6 Å². The van der Waals surface area contributed by atoms with Crippen LogP contribution in [0.2, 0.25) is 5.02 Å². The van der Waals surface area contributed by atoms with Crippen molar-refractivity contribution in [1.82, 2.24) is 15.2 Å². The van der Waals surface area contributed by atoms with Crippen molar-refractivity contribution < 1.29 is 9.72 Å². The van der Waals surface area contributed by atoms with Crippen LogP contribution in [0.15, 0.2) is 24.5 Å². The molecule has 1 aromatic heterocycles. The minimum atomic E-state index is -0.694. The van der Waals surface area contributed by atoms with Gasteiger partial charge in [-0.2, -0.15) is 10.1 Å². The molecule has 1 heterocycles. The lowest BCUT2D eigenvalue weighted by atomic mass is 10.1. The topological polar surface area (TPSA) is 114 Å². The van der Waals surface area contributed by atoms with Gasteiger partial charge < -0.3 is 0 Å². The summed E-state index contributed by atoms with van der Waals surface area (Å²) in [6, 6.07) is 3.72. The second-order valence-corrected chi connectivity index (χ2v) is 3.64. The molecule has 0 aliphatic carbocycles. The normalized spacial score (nSPS) is 10.1. The summed E-state index contributed by atoms with van der Waals surface area (Å²) in [6.07, 6.45) is 1.20. The number of rotatable bonds is 3. The molecule has 0 aliphatic rings. The highest BCUT2D eigenvalue weighted by Crippen LogP contribution is 2.23. The molecule has 1 amide bonds. The van der Waals surface area contributed by atoms with Crippen LogP contribution in [0.4, 0.5) is 11.6 Å². The lowest BCUT2D eigenvalue weighted by Crippen LogP contribution is -2.14. The number of aromatic nitrogens is 3. The number of H-pyrrole nitrogens is 1. The van der Waals surface area contributed by atoms with Gasteiger partial charge in [0.15, 0.2) is 0 Å². The van der Waals surface area contributed by atoms with Crippen LogP contribution in [0.3, 0.4) is 0 Å². The van der Waals surface area contributed by atoms with Crippen molar-refractivity contribution in [3.63, 3.8) is 0 Å². The molecule has 0 aliphatic heterocycles. The average Bonchev–Trinajstić information content (AvgIpc) is 2.81. The number of amides is 1. The third-order valence-corrected chi connectivity index (χ3v) is 2.28. The monoisotopic (exact) mass is 267 g/mol. The number of nitro groups is 1. The third kappa shape index (κ3) is 2.43. The second kappa shape index (κ2) is 4.80. The van der Waals surface area contributed by atoms with E-state index in [0.717, 1.165) is 6.07 Å². The van der Waals surface area contributed by atoms with Gasteiger partial charge >= 0.3 is 0 Å². The molecule has 0 unspecified atom stereocenters. The van der Waals surface area contributed by atoms with Gasteiger partial charge in [0.2, 0.25) is 5.95 Å². The highest BCUT2D eigenvalue weighted by atomic mass is 35.5. The van der Waals surface area contributed by atoms with Crippen LogP contribution in [0.1, 0.15) is 10.4 Å². The molecule has 0 bridgehead atoms.